The van der Waals surface area contributed by atoms with Gasteiger partial charge in [-0.2, -0.15) is 5.10 Å². The zero-order valence-corrected chi connectivity index (χ0v) is 21.1. The molecule has 9 heteroatoms. The van der Waals surface area contributed by atoms with Crippen LogP contribution in [0.2, 0.25) is 0 Å². The van der Waals surface area contributed by atoms with Gasteiger partial charge in [-0.15, -0.1) is 0 Å². The standard InChI is InChI=1S/C25H40N4O5/c1-15(2)14-33-23-20(13-26-29(23)7-6-24(4,5)28-16(3)30)22(31)27-21-18-8-17-9-19(21)12-25(10-17,11-18)34-32/h13,15,17-19,21,32H,6-12,14H2,1-5H3,(H,27,31)(H,28,30). The second-order valence-corrected chi connectivity index (χ2v) is 11.8. The number of ether oxygens (including phenoxy) is 1. The number of carbonyl (C=O) groups is 2. The normalized spacial score (nSPS) is 30.0. The number of aryl methyl sites for hydroxylation is 1. The molecule has 0 aromatic carbocycles. The van der Waals surface area contributed by atoms with Gasteiger partial charge in [0.25, 0.3) is 5.91 Å². The number of aromatic nitrogens is 2. The predicted molar refractivity (Wildman–Crippen MR) is 126 cm³/mol. The summed E-state index contributed by atoms with van der Waals surface area (Å²) >= 11 is 0. The molecule has 4 saturated carbocycles. The Kier molecular flexibility index (Phi) is 6.97. The number of rotatable bonds is 10. The topological polar surface area (TPSA) is 115 Å². The number of nitrogens with zero attached hydrogens (tertiary/aromatic N) is 2. The molecule has 4 aliphatic carbocycles. The lowest BCUT2D eigenvalue weighted by Crippen LogP contribution is -2.62. The highest BCUT2D eigenvalue weighted by molar-refractivity contribution is 5.96. The minimum Gasteiger partial charge on any atom is -0.477 e. The molecule has 3 N–H and O–H groups in total. The highest BCUT2D eigenvalue weighted by Crippen LogP contribution is 2.57. The van der Waals surface area contributed by atoms with E-state index in [0.717, 1.165) is 32.1 Å². The van der Waals surface area contributed by atoms with Gasteiger partial charge in [-0.25, -0.2) is 9.57 Å². The Morgan fingerprint density at radius 2 is 1.94 bits per heavy atom. The van der Waals surface area contributed by atoms with E-state index in [1.54, 1.807) is 10.9 Å². The molecule has 5 rings (SSSR count). The Hall–Kier alpha value is -2.13. The minimum atomic E-state index is -0.422. The smallest absolute Gasteiger partial charge is 0.258 e. The number of nitrogens with one attached hydrogen (secondary N) is 2. The second-order valence-electron chi connectivity index (χ2n) is 11.8. The Bertz CT molecular complexity index is 895. The lowest BCUT2D eigenvalue weighted by atomic mass is 9.52. The summed E-state index contributed by atoms with van der Waals surface area (Å²) in [4.78, 5) is 29.9. The monoisotopic (exact) mass is 476 g/mol. The summed E-state index contributed by atoms with van der Waals surface area (Å²) < 4.78 is 7.81. The van der Waals surface area contributed by atoms with Gasteiger partial charge in [0, 0.05) is 25.0 Å². The summed E-state index contributed by atoms with van der Waals surface area (Å²) in [7, 11) is 0. The van der Waals surface area contributed by atoms with Crippen molar-refractivity contribution in [2.45, 2.75) is 96.9 Å². The number of carbonyl (C=O) groups excluding carboxylic acids is 2. The van der Waals surface area contributed by atoms with Gasteiger partial charge in [0.1, 0.15) is 11.2 Å². The van der Waals surface area contributed by atoms with Gasteiger partial charge in [0.15, 0.2) is 0 Å². The van der Waals surface area contributed by atoms with E-state index in [-0.39, 0.29) is 17.9 Å². The Labute approximate surface area is 201 Å². The van der Waals surface area contributed by atoms with Crippen LogP contribution in [0.5, 0.6) is 5.88 Å². The molecule has 4 fully saturated rings. The van der Waals surface area contributed by atoms with E-state index >= 15 is 0 Å². The largest absolute Gasteiger partial charge is 0.477 e. The zero-order valence-electron chi connectivity index (χ0n) is 21.1. The molecule has 0 aliphatic heterocycles. The fraction of sp³-hybridized carbons (Fsp3) is 0.800. The van der Waals surface area contributed by atoms with Crippen molar-refractivity contribution in [1.29, 1.82) is 0 Å². The summed E-state index contributed by atoms with van der Waals surface area (Å²) in [6.07, 6.45) is 6.87. The molecule has 2 unspecified atom stereocenters. The van der Waals surface area contributed by atoms with E-state index in [0.29, 0.717) is 54.7 Å². The molecular formula is C25H40N4O5. The molecule has 4 aliphatic rings. The van der Waals surface area contributed by atoms with Crippen molar-refractivity contribution in [2.75, 3.05) is 6.61 Å². The predicted octanol–water partition coefficient (Wildman–Crippen LogP) is 3.39. The molecular weight excluding hydrogens is 436 g/mol. The third-order valence-electron chi connectivity index (χ3n) is 7.76. The average Bonchev–Trinajstić information content (AvgIpc) is 3.15. The van der Waals surface area contributed by atoms with E-state index in [9.17, 15) is 14.8 Å². The van der Waals surface area contributed by atoms with Crippen LogP contribution in [0.3, 0.4) is 0 Å². The molecule has 190 valence electrons. The number of amides is 2. The van der Waals surface area contributed by atoms with Crippen LogP contribution >= 0.6 is 0 Å². The van der Waals surface area contributed by atoms with Crippen molar-refractivity contribution in [1.82, 2.24) is 20.4 Å². The zero-order chi connectivity index (χ0) is 24.7. The van der Waals surface area contributed by atoms with E-state index in [4.69, 9.17) is 9.62 Å². The molecule has 1 aromatic heterocycles. The number of hydrogen-bond donors (Lipinski definition) is 3. The maximum atomic E-state index is 13.4. The third-order valence-corrected chi connectivity index (χ3v) is 7.76. The Morgan fingerprint density at radius 3 is 2.53 bits per heavy atom. The quantitative estimate of drug-likeness (QED) is 0.352. The van der Waals surface area contributed by atoms with Gasteiger partial charge in [-0.05, 0) is 76.0 Å². The summed E-state index contributed by atoms with van der Waals surface area (Å²) in [5.41, 5.74) is -0.380. The number of hydrogen-bond acceptors (Lipinski definition) is 6. The first-order valence-electron chi connectivity index (χ1n) is 12.6. The Morgan fingerprint density at radius 1 is 1.26 bits per heavy atom. The van der Waals surface area contributed by atoms with Gasteiger partial charge in [0.05, 0.1) is 12.8 Å². The van der Waals surface area contributed by atoms with Crippen LogP contribution in [0.4, 0.5) is 0 Å². The van der Waals surface area contributed by atoms with E-state index < -0.39 is 11.1 Å². The summed E-state index contributed by atoms with van der Waals surface area (Å²) in [6, 6.07) is 0.0762. The third kappa shape index (κ3) is 5.25. The second kappa shape index (κ2) is 9.49. The molecule has 0 spiro atoms. The first-order chi connectivity index (χ1) is 16.0. The Balaban J connectivity index is 1.48. The van der Waals surface area contributed by atoms with Crippen molar-refractivity contribution < 1.29 is 24.5 Å². The van der Waals surface area contributed by atoms with Crippen molar-refractivity contribution in [2.24, 2.45) is 23.7 Å². The van der Waals surface area contributed by atoms with Crippen LogP contribution in [0.15, 0.2) is 6.20 Å². The van der Waals surface area contributed by atoms with Crippen molar-refractivity contribution in [3.8, 4) is 5.88 Å². The van der Waals surface area contributed by atoms with Gasteiger partial charge < -0.3 is 15.4 Å². The lowest BCUT2D eigenvalue weighted by Gasteiger charge is -2.58. The van der Waals surface area contributed by atoms with E-state index in [1.807, 2.05) is 13.8 Å². The van der Waals surface area contributed by atoms with Gasteiger partial charge >= 0.3 is 0 Å². The van der Waals surface area contributed by atoms with Gasteiger partial charge in [-0.1, -0.05) is 13.8 Å². The molecule has 4 bridgehead atoms. The van der Waals surface area contributed by atoms with Crippen LogP contribution in [0.1, 0.15) is 83.5 Å². The molecule has 9 nitrogen and oxygen atoms in total. The maximum Gasteiger partial charge on any atom is 0.258 e. The lowest BCUT2D eigenvalue weighted by molar-refractivity contribution is -0.357. The van der Waals surface area contributed by atoms with E-state index in [1.165, 1.54) is 6.92 Å². The molecule has 0 saturated heterocycles. The van der Waals surface area contributed by atoms with Crippen LogP contribution in [-0.2, 0) is 16.2 Å². The fourth-order valence-corrected chi connectivity index (χ4v) is 6.54. The van der Waals surface area contributed by atoms with Crippen LogP contribution in [0.25, 0.3) is 0 Å². The highest BCUT2D eigenvalue weighted by Gasteiger charge is 2.57. The summed E-state index contributed by atoms with van der Waals surface area (Å²) in [5.74, 6) is 1.73. The SMILES string of the molecule is CC(=O)NC(C)(C)CCn1ncc(C(=O)NC2C3CC4CC2CC(OO)(C4)C3)c1OCC(C)C. The van der Waals surface area contributed by atoms with Gasteiger partial charge in [0.2, 0.25) is 11.8 Å². The fourth-order valence-electron chi connectivity index (χ4n) is 6.54. The summed E-state index contributed by atoms with van der Waals surface area (Å²) in [6.45, 7) is 10.6. The summed E-state index contributed by atoms with van der Waals surface area (Å²) in [5, 5.41) is 20.3. The van der Waals surface area contributed by atoms with Crippen molar-refractivity contribution in [3.63, 3.8) is 0 Å². The molecule has 1 aromatic rings. The average molecular weight is 477 g/mol. The van der Waals surface area contributed by atoms with Crippen LogP contribution < -0.4 is 15.4 Å². The first-order valence-corrected chi connectivity index (χ1v) is 12.6. The molecule has 2 atom stereocenters. The minimum absolute atomic E-state index is 0.0762. The van der Waals surface area contributed by atoms with Crippen molar-refractivity contribution >= 4 is 11.8 Å². The molecule has 0 radical (unpaired) electrons. The maximum absolute atomic E-state index is 13.4. The van der Waals surface area contributed by atoms with Crippen LogP contribution in [0, 0.1) is 23.7 Å². The van der Waals surface area contributed by atoms with E-state index in [2.05, 4.69) is 29.6 Å². The van der Waals surface area contributed by atoms with Crippen LogP contribution in [-0.4, -0.2) is 50.6 Å². The highest BCUT2D eigenvalue weighted by atomic mass is 17.1. The molecule has 2 amide bonds. The molecule has 34 heavy (non-hydrogen) atoms. The first kappa shape index (κ1) is 25.0. The van der Waals surface area contributed by atoms with Gasteiger partial charge in [-0.3, -0.25) is 14.8 Å². The molecule has 1 heterocycles. The van der Waals surface area contributed by atoms with Crippen molar-refractivity contribution in [3.05, 3.63) is 11.8 Å².